The van der Waals surface area contributed by atoms with Crippen LogP contribution < -0.4 is 5.32 Å². The minimum atomic E-state index is 0.353. The molecule has 0 bridgehead atoms. The summed E-state index contributed by atoms with van der Waals surface area (Å²) in [6.07, 6.45) is 3.14. The van der Waals surface area contributed by atoms with Gasteiger partial charge in [0.2, 0.25) is 0 Å². The minimum absolute atomic E-state index is 0.353. The first-order valence-electron chi connectivity index (χ1n) is 5.72. The predicted octanol–water partition coefficient (Wildman–Crippen LogP) is 1.10. The third-order valence-electron chi connectivity index (χ3n) is 2.54. The fraction of sp³-hybridized carbons (Fsp3) is 1.00. The van der Waals surface area contributed by atoms with Crippen LogP contribution in [0, 0.1) is 0 Å². The summed E-state index contributed by atoms with van der Waals surface area (Å²) in [4.78, 5) is 2.44. The van der Waals surface area contributed by atoms with Crippen LogP contribution in [0.2, 0.25) is 0 Å². The SMILES string of the molecule is CC(C)OCCNCCN(C)C1CC1. The van der Waals surface area contributed by atoms with Gasteiger partial charge in [-0.3, -0.25) is 0 Å². The van der Waals surface area contributed by atoms with Crippen molar-refractivity contribution in [3.05, 3.63) is 0 Å². The van der Waals surface area contributed by atoms with Gasteiger partial charge in [0.15, 0.2) is 0 Å². The molecule has 0 aromatic rings. The molecule has 1 N–H and O–H groups in total. The van der Waals surface area contributed by atoms with E-state index in [-0.39, 0.29) is 0 Å². The topological polar surface area (TPSA) is 24.5 Å². The smallest absolute Gasteiger partial charge is 0.0594 e. The molecule has 0 heterocycles. The van der Waals surface area contributed by atoms with Crippen molar-refractivity contribution in [1.82, 2.24) is 10.2 Å². The summed E-state index contributed by atoms with van der Waals surface area (Å²) in [6, 6.07) is 0.878. The lowest BCUT2D eigenvalue weighted by Crippen LogP contribution is -2.32. The van der Waals surface area contributed by atoms with E-state index in [1.54, 1.807) is 0 Å². The minimum Gasteiger partial charge on any atom is -0.377 e. The summed E-state index contributed by atoms with van der Waals surface area (Å²) < 4.78 is 5.43. The third kappa shape index (κ3) is 5.58. The van der Waals surface area contributed by atoms with Crippen molar-refractivity contribution >= 4 is 0 Å². The van der Waals surface area contributed by atoms with Crippen molar-refractivity contribution in [1.29, 1.82) is 0 Å². The van der Waals surface area contributed by atoms with Gasteiger partial charge in [-0.25, -0.2) is 0 Å². The summed E-state index contributed by atoms with van der Waals surface area (Å²) >= 11 is 0. The van der Waals surface area contributed by atoms with Gasteiger partial charge in [0.25, 0.3) is 0 Å². The Balaban J connectivity index is 1.79. The Labute approximate surface area is 87.8 Å². The molecule has 1 fully saturated rings. The van der Waals surface area contributed by atoms with E-state index in [4.69, 9.17) is 4.74 Å². The molecule has 0 radical (unpaired) electrons. The molecular formula is C11H24N2O. The monoisotopic (exact) mass is 200 g/mol. The van der Waals surface area contributed by atoms with Gasteiger partial charge < -0.3 is 15.0 Å². The fourth-order valence-corrected chi connectivity index (χ4v) is 1.45. The maximum atomic E-state index is 5.43. The summed E-state index contributed by atoms with van der Waals surface area (Å²) in [5, 5.41) is 3.39. The van der Waals surface area contributed by atoms with Crippen LogP contribution >= 0.6 is 0 Å². The molecular weight excluding hydrogens is 176 g/mol. The molecule has 0 amide bonds. The third-order valence-corrected chi connectivity index (χ3v) is 2.54. The van der Waals surface area contributed by atoms with Crippen LogP contribution in [0.5, 0.6) is 0 Å². The summed E-state index contributed by atoms with van der Waals surface area (Å²) in [5.41, 5.74) is 0. The van der Waals surface area contributed by atoms with E-state index in [2.05, 4.69) is 31.1 Å². The first-order chi connectivity index (χ1) is 6.70. The van der Waals surface area contributed by atoms with Gasteiger partial charge in [-0.1, -0.05) is 0 Å². The second-order valence-electron chi connectivity index (χ2n) is 4.38. The molecule has 3 nitrogen and oxygen atoms in total. The first kappa shape index (κ1) is 12.0. The largest absolute Gasteiger partial charge is 0.377 e. The van der Waals surface area contributed by atoms with Crippen molar-refractivity contribution in [2.75, 3.05) is 33.3 Å². The van der Waals surface area contributed by atoms with Gasteiger partial charge in [0.05, 0.1) is 12.7 Å². The molecule has 1 aliphatic carbocycles. The van der Waals surface area contributed by atoms with Crippen LogP contribution in [-0.4, -0.2) is 50.3 Å². The van der Waals surface area contributed by atoms with Gasteiger partial charge >= 0.3 is 0 Å². The van der Waals surface area contributed by atoms with Crippen LogP contribution in [0.15, 0.2) is 0 Å². The van der Waals surface area contributed by atoms with Gasteiger partial charge in [0.1, 0.15) is 0 Å². The van der Waals surface area contributed by atoms with Crippen molar-refractivity contribution in [2.24, 2.45) is 0 Å². The molecule has 0 unspecified atom stereocenters. The Bertz CT molecular complexity index is 146. The number of rotatable bonds is 8. The molecule has 0 atom stereocenters. The number of hydrogen-bond donors (Lipinski definition) is 1. The molecule has 0 aromatic carbocycles. The first-order valence-corrected chi connectivity index (χ1v) is 5.72. The Hall–Kier alpha value is -0.120. The second-order valence-corrected chi connectivity index (χ2v) is 4.38. The van der Waals surface area contributed by atoms with Gasteiger partial charge in [-0.05, 0) is 33.7 Å². The van der Waals surface area contributed by atoms with Crippen LogP contribution in [-0.2, 0) is 4.74 Å². The van der Waals surface area contributed by atoms with E-state index in [9.17, 15) is 0 Å². The molecule has 0 spiro atoms. The van der Waals surface area contributed by atoms with E-state index in [0.717, 1.165) is 32.3 Å². The van der Waals surface area contributed by atoms with E-state index in [1.165, 1.54) is 12.8 Å². The second kappa shape index (κ2) is 6.38. The Kier molecular flexibility index (Phi) is 5.45. The Morgan fingerprint density at radius 1 is 1.36 bits per heavy atom. The van der Waals surface area contributed by atoms with Crippen molar-refractivity contribution in [3.63, 3.8) is 0 Å². The van der Waals surface area contributed by atoms with E-state index in [1.807, 2.05) is 0 Å². The highest BCUT2D eigenvalue weighted by atomic mass is 16.5. The summed E-state index contributed by atoms with van der Waals surface area (Å²) in [5.74, 6) is 0. The highest BCUT2D eigenvalue weighted by Crippen LogP contribution is 2.24. The maximum Gasteiger partial charge on any atom is 0.0594 e. The number of likely N-dealkylation sites (N-methyl/N-ethyl adjacent to an activating group) is 1. The highest BCUT2D eigenvalue weighted by Gasteiger charge is 2.25. The summed E-state index contributed by atoms with van der Waals surface area (Å²) in [6.45, 7) is 8.17. The number of ether oxygens (including phenoxy) is 1. The number of hydrogen-bond acceptors (Lipinski definition) is 3. The molecule has 0 saturated heterocycles. The van der Waals surface area contributed by atoms with E-state index in [0.29, 0.717) is 6.10 Å². The normalized spacial score (nSPS) is 16.9. The number of nitrogens with one attached hydrogen (secondary N) is 1. The lowest BCUT2D eigenvalue weighted by Gasteiger charge is -2.15. The Morgan fingerprint density at radius 2 is 2.07 bits per heavy atom. The van der Waals surface area contributed by atoms with Crippen LogP contribution in [0.4, 0.5) is 0 Å². The quantitative estimate of drug-likeness (QED) is 0.594. The zero-order valence-corrected chi connectivity index (χ0v) is 9.75. The predicted molar refractivity (Wildman–Crippen MR) is 59.6 cm³/mol. The van der Waals surface area contributed by atoms with Crippen LogP contribution in [0.25, 0.3) is 0 Å². The molecule has 0 aromatic heterocycles. The zero-order chi connectivity index (χ0) is 10.4. The standard InChI is InChI=1S/C11H24N2O/c1-10(2)14-9-7-12-6-8-13(3)11-4-5-11/h10-12H,4-9H2,1-3H3. The Morgan fingerprint density at radius 3 is 2.64 bits per heavy atom. The molecule has 1 saturated carbocycles. The lowest BCUT2D eigenvalue weighted by molar-refractivity contribution is 0.0806. The van der Waals surface area contributed by atoms with Crippen LogP contribution in [0.3, 0.4) is 0 Å². The molecule has 84 valence electrons. The fourth-order valence-electron chi connectivity index (χ4n) is 1.45. The molecule has 1 aliphatic rings. The van der Waals surface area contributed by atoms with Crippen LogP contribution in [0.1, 0.15) is 26.7 Å². The van der Waals surface area contributed by atoms with Gasteiger partial charge in [-0.2, -0.15) is 0 Å². The number of nitrogens with zero attached hydrogens (tertiary/aromatic N) is 1. The van der Waals surface area contributed by atoms with Crippen molar-refractivity contribution in [2.45, 2.75) is 38.8 Å². The molecule has 3 heteroatoms. The molecule has 1 rings (SSSR count). The van der Waals surface area contributed by atoms with E-state index >= 15 is 0 Å². The van der Waals surface area contributed by atoms with Gasteiger partial charge in [0, 0.05) is 25.7 Å². The summed E-state index contributed by atoms with van der Waals surface area (Å²) in [7, 11) is 2.21. The average molecular weight is 200 g/mol. The van der Waals surface area contributed by atoms with E-state index < -0.39 is 0 Å². The molecule has 14 heavy (non-hydrogen) atoms. The zero-order valence-electron chi connectivity index (χ0n) is 9.75. The highest BCUT2D eigenvalue weighted by molar-refractivity contribution is 4.82. The lowest BCUT2D eigenvalue weighted by atomic mass is 10.4. The van der Waals surface area contributed by atoms with Crippen molar-refractivity contribution < 1.29 is 4.74 Å². The maximum absolute atomic E-state index is 5.43. The van der Waals surface area contributed by atoms with Crippen molar-refractivity contribution in [3.8, 4) is 0 Å². The van der Waals surface area contributed by atoms with Gasteiger partial charge in [-0.15, -0.1) is 0 Å². The average Bonchev–Trinajstić information content (AvgIpc) is 2.92. The molecule has 0 aliphatic heterocycles.